The third-order valence-corrected chi connectivity index (χ3v) is 8.83. The number of benzene rings is 2. The summed E-state index contributed by atoms with van der Waals surface area (Å²) in [7, 11) is -3.33. The molecule has 1 aromatic heterocycles. The number of nitrogens with zero attached hydrogens (tertiary/aromatic N) is 1. The van der Waals surface area contributed by atoms with Crippen LogP contribution < -0.4 is 5.73 Å². The number of sulfonamides is 1. The molecule has 1 fully saturated rings. The Morgan fingerprint density at radius 3 is 2.47 bits per heavy atom. The number of carbonyl (C=O) groups excluding carboxylic acids is 1. The molecule has 8 nitrogen and oxygen atoms in total. The molecule has 2 aromatic carbocycles. The highest BCUT2D eigenvalue weighted by molar-refractivity contribution is 7.89. The van der Waals surface area contributed by atoms with E-state index in [4.69, 9.17) is 15.6 Å². The van der Waals surface area contributed by atoms with Gasteiger partial charge in [-0.05, 0) is 66.8 Å². The molecule has 3 aromatic rings. The van der Waals surface area contributed by atoms with E-state index in [1.807, 2.05) is 42.6 Å². The SMILES string of the molecule is NC(=O)c1cc(-c2ccccc2)cc2c(C3CCN(S(=O)(=O)CCCOCCCCO)CC3)c[nH]c12. The number of ether oxygens (including phenoxy) is 1. The normalized spacial score (nSPS) is 15.5. The molecule has 0 bridgehead atoms. The number of rotatable bonds is 12. The van der Waals surface area contributed by atoms with E-state index in [0.717, 1.165) is 34.0 Å². The van der Waals surface area contributed by atoms with E-state index in [1.54, 1.807) is 4.31 Å². The van der Waals surface area contributed by atoms with Gasteiger partial charge in [-0.25, -0.2) is 12.7 Å². The first-order valence-electron chi connectivity index (χ1n) is 12.6. The molecule has 1 aliphatic heterocycles. The Balaban J connectivity index is 1.43. The number of primary amides is 1. The Labute approximate surface area is 212 Å². The average Bonchev–Trinajstić information content (AvgIpc) is 3.32. The molecule has 2 heterocycles. The van der Waals surface area contributed by atoms with Gasteiger partial charge in [-0.3, -0.25) is 4.79 Å². The van der Waals surface area contributed by atoms with Crippen LogP contribution in [0.1, 0.15) is 53.9 Å². The second-order valence-corrected chi connectivity index (χ2v) is 11.4. The van der Waals surface area contributed by atoms with Gasteiger partial charge < -0.3 is 20.6 Å². The molecule has 0 spiro atoms. The molecule has 194 valence electrons. The number of hydrogen-bond acceptors (Lipinski definition) is 5. The van der Waals surface area contributed by atoms with E-state index in [-0.39, 0.29) is 18.3 Å². The van der Waals surface area contributed by atoms with Crippen molar-refractivity contribution in [2.24, 2.45) is 5.73 Å². The van der Waals surface area contributed by atoms with Crippen LogP contribution in [-0.2, 0) is 14.8 Å². The van der Waals surface area contributed by atoms with Gasteiger partial charge in [0.05, 0.1) is 16.8 Å². The maximum atomic E-state index is 12.8. The van der Waals surface area contributed by atoms with E-state index >= 15 is 0 Å². The molecular formula is C27H35N3O5S. The molecule has 0 aliphatic carbocycles. The van der Waals surface area contributed by atoms with Crippen molar-refractivity contribution in [3.05, 3.63) is 59.8 Å². The Morgan fingerprint density at radius 2 is 1.78 bits per heavy atom. The number of fused-ring (bicyclic) bond motifs is 1. The van der Waals surface area contributed by atoms with Gasteiger partial charge in [0, 0.05) is 44.5 Å². The number of nitrogens with one attached hydrogen (secondary N) is 1. The van der Waals surface area contributed by atoms with Gasteiger partial charge in [-0.2, -0.15) is 0 Å². The lowest BCUT2D eigenvalue weighted by Gasteiger charge is -2.31. The Bertz CT molecular complexity index is 1270. The number of piperidine rings is 1. The van der Waals surface area contributed by atoms with Gasteiger partial charge in [-0.1, -0.05) is 30.3 Å². The van der Waals surface area contributed by atoms with Gasteiger partial charge in [0.1, 0.15) is 0 Å². The molecule has 0 radical (unpaired) electrons. The fourth-order valence-electron chi connectivity index (χ4n) is 4.92. The highest BCUT2D eigenvalue weighted by Gasteiger charge is 2.30. The van der Waals surface area contributed by atoms with Gasteiger partial charge in [0.15, 0.2) is 0 Å². The number of hydrogen-bond donors (Lipinski definition) is 3. The van der Waals surface area contributed by atoms with Crippen LogP contribution in [0.5, 0.6) is 0 Å². The minimum Gasteiger partial charge on any atom is -0.396 e. The van der Waals surface area contributed by atoms with Crippen LogP contribution in [0.25, 0.3) is 22.0 Å². The fraction of sp³-hybridized carbons (Fsp3) is 0.444. The topological polar surface area (TPSA) is 126 Å². The van der Waals surface area contributed by atoms with Crippen molar-refractivity contribution >= 4 is 26.8 Å². The van der Waals surface area contributed by atoms with Crippen molar-refractivity contribution in [1.29, 1.82) is 0 Å². The number of aliphatic hydroxyl groups is 1. The molecule has 4 rings (SSSR count). The number of H-pyrrole nitrogens is 1. The summed E-state index contributed by atoms with van der Waals surface area (Å²) in [6.45, 7) is 2.03. The molecule has 36 heavy (non-hydrogen) atoms. The molecule has 1 saturated heterocycles. The number of aromatic nitrogens is 1. The number of nitrogens with two attached hydrogens (primary N) is 1. The lowest BCUT2D eigenvalue weighted by Crippen LogP contribution is -2.39. The Morgan fingerprint density at radius 1 is 1.06 bits per heavy atom. The largest absolute Gasteiger partial charge is 0.396 e. The van der Waals surface area contributed by atoms with Gasteiger partial charge >= 0.3 is 0 Å². The predicted octanol–water partition coefficient (Wildman–Crippen LogP) is 3.62. The predicted molar refractivity (Wildman–Crippen MR) is 141 cm³/mol. The third-order valence-electron chi connectivity index (χ3n) is 6.87. The van der Waals surface area contributed by atoms with Crippen molar-refractivity contribution in [2.45, 2.75) is 38.0 Å². The summed E-state index contributed by atoms with van der Waals surface area (Å²) >= 11 is 0. The summed E-state index contributed by atoms with van der Waals surface area (Å²) in [6, 6.07) is 13.8. The molecule has 4 N–H and O–H groups in total. The molecule has 0 saturated carbocycles. The number of aromatic amines is 1. The minimum atomic E-state index is -3.33. The van der Waals surface area contributed by atoms with Crippen LogP contribution in [0.3, 0.4) is 0 Å². The summed E-state index contributed by atoms with van der Waals surface area (Å²) in [4.78, 5) is 15.5. The zero-order valence-corrected chi connectivity index (χ0v) is 21.3. The first-order chi connectivity index (χ1) is 17.4. The monoisotopic (exact) mass is 513 g/mol. The van der Waals surface area contributed by atoms with E-state index in [0.29, 0.717) is 57.6 Å². The van der Waals surface area contributed by atoms with Crippen LogP contribution in [0.15, 0.2) is 48.7 Å². The van der Waals surface area contributed by atoms with Crippen molar-refractivity contribution in [3.63, 3.8) is 0 Å². The highest BCUT2D eigenvalue weighted by atomic mass is 32.2. The standard InChI is InChI=1S/C27H35N3O5S/c28-27(32)24-18-22(20-7-2-1-3-8-20)17-23-25(19-29-26(23)24)21-9-11-30(12-10-21)36(33,34)16-6-15-35-14-5-4-13-31/h1-3,7-8,17-19,21,29,31H,4-6,9-16H2,(H2,28,32). The second-order valence-electron chi connectivity index (χ2n) is 9.31. The molecule has 9 heteroatoms. The van der Waals surface area contributed by atoms with Crippen LogP contribution >= 0.6 is 0 Å². The van der Waals surface area contributed by atoms with Crippen molar-refractivity contribution in [1.82, 2.24) is 9.29 Å². The first kappa shape index (κ1) is 26.3. The molecule has 0 unspecified atom stereocenters. The van der Waals surface area contributed by atoms with Crippen molar-refractivity contribution < 1.29 is 23.1 Å². The van der Waals surface area contributed by atoms with E-state index in [2.05, 4.69) is 11.1 Å². The van der Waals surface area contributed by atoms with Gasteiger partial charge in [-0.15, -0.1) is 0 Å². The van der Waals surface area contributed by atoms with E-state index in [1.165, 1.54) is 0 Å². The van der Waals surface area contributed by atoms with E-state index in [9.17, 15) is 13.2 Å². The maximum Gasteiger partial charge on any atom is 0.250 e. The summed E-state index contributed by atoms with van der Waals surface area (Å²) in [5, 5.41) is 9.75. The minimum absolute atomic E-state index is 0.0765. The van der Waals surface area contributed by atoms with Crippen LogP contribution in [0, 0.1) is 0 Å². The molecule has 1 amide bonds. The van der Waals surface area contributed by atoms with Crippen molar-refractivity contribution in [2.75, 3.05) is 38.7 Å². The highest BCUT2D eigenvalue weighted by Crippen LogP contribution is 2.37. The molecular weight excluding hydrogens is 478 g/mol. The molecule has 0 atom stereocenters. The van der Waals surface area contributed by atoms with Gasteiger partial charge in [0.2, 0.25) is 10.0 Å². The lowest BCUT2D eigenvalue weighted by molar-refractivity contribution is 0.100. The Kier molecular flexibility index (Phi) is 8.79. The summed E-state index contributed by atoms with van der Waals surface area (Å²) in [5.41, 5.74) is 9.92. The van der Waals surface area contributed by atoms with Gasteiger partial charge in [0.25, 0.3) is 5.91 Å². The zero-order chi connectivity index (χ0) is 25.5. The number of carbonyl (C=O) groups is 1. The first-order valence-corrected chi connectivity index (χ1v) is 14.2. The van der Waals surface area contributed by atoms with Crippen molar-refractivity contribution in [3.8, 4) is 11.1 Å². The number of unbranched alkanes of at least 4 members (excludes halogenated alkanes) is 1. The third kappa shape index (κ3) is 6.15. The lowest BCUT2D eigenvalue weighted by atomic mass is 9.88. The van der Waals surface area contributed by atoms with Crippen LogP contribution in [0.4, 0.5) is 0 Å². The smallest absolute Gasteiger partial charge is 0.250 e. The van der Waals surface area contributed by atoms with Crippen LogP contribution in [0.2, 0.25) is 0 Å². The van der Waals surface area contributed by atoms with E-state index < -0.39 is 15.9 Å². The quantitative estimate of drug-likeness (QED) is 0.319. The summed E-state index contributed by atoms with van der Waals surface area (Å²) in [5.74, 6) is -0.219. The zero-order valence-electron chi connectivity index (χ0n) is 20.5. The average molecular weight is 514 g/mol. The molecule has 1 aliphatic rings. The number of amides is 1. The maximum absolute atomic E-state index is 12.8. The Hall–Kier alpha value is -2.72. The second kappa shape index (κ2) is 12.0. The summed E-state index contributed by atoms with van der Waals surface area (Å²) in [6.07, 6.45) is 5.30. The van der Waals surface area contributed by atoms with Crippen LogP contribution in [-0.4, -0.2) is 67.4 Å². The number of aliphatic hydroxyl groups excluding tert-OH is 1. The fourth-order valence-corrected chi connectivity index (χ4v) is 6.43. The summed E-state index contributed by atoms with van der Waals surface area (Å²) < 4.78 is 32.7.